The van der Waals surface area contributed by atoms with Crippen molar-refractivity contribution in [1.82, 2.24) is 58.1 Å². The summed E-state index contributed by atoms with van der Waals surface area (Å²) in [6, 6.07) is 26.3. The van der Waals surface area contributed by atoms with Crippen LogP contribution in [0.3, 0.4) is 0 Å². The highest BCUT2D eigenvalue weighted by Gasteiger charge is 2.34. The number of nitrogens with zero attached hydrogens (tertiary/aromatic N) is 8. The molecule has 8 rings (SSSR count). The molecule has 20 nitrogen and oxygen atoms in total. The standard InChI is InChI=1S/C42H56N6O8S4.C14H32N6/c1-35-5-13-39(14-6-35)57(49,50)45-27-23-43(24-28-46(32-31-45)58(51,52)40-15-7-36(2)8-16-40)21-22-44-25-29-47(59(53,54)41-17-9-37(3)10-18-41)33-34-48(30-26-44)60(55,56)42-19-11-38(4)12-20-42;1-2-16-6-10-19(9-5-15-1)13-14-20-11-7-17-3-4-18-8-12-20/h5-20H,21-34H2,1-4H3;15-18H,1-14H2. The van der Waals surface area contributed by atoms with Crippen molar-refractivity contribution < 1.29 is 33.7 Å². The van der Waals surface area contributed by atoms with Gasteiger partial charge in [-0.1, -0.05) is 70.8 Å². The normalized spacial score (nSPS) is 20.6. The first-order valence-corrected chi connectivity index (χ1v) is 34.1. The predicted molar refractivity (Wildman–Crippen MR) is 317 cm³/mol. The molecule has 4 aromatic rings. The molecule has 4 fully saturated rings. The molecule has 0 aromatic heterocycles. The molecule has 4 N–H and O–H groups in total. The first-order chi connectivity index (χ1) is 38.3. The quantitative estimate of drug-likeness (QED) is 0.141. The van der Waals surface area contributed by atoms with Gasteiger partial charge in [0.2, 0.25) is 40.1 Å². The van der Waals surface area contributed by atoms with Gasteiger partial charge in [0.15, 0.2) is 0 Å². The zero-order valence-corrected chi connectivity index (χ0v) is 50.8. The fraction of sp³-hybridized carbons (Fsp3) is 0.571. The van der Waals surface area contributed by atoms with Crippen LogP contribution in [0.4, 0.5) is 0 Å². The number of nitrogens with one attached hydrogen (secondary N) is 4. The van der Waals surface area contributed by atoms with Crippen LogP contribution in [0.15, 0.2) is 117 Å². The van der Waals surface area contributed by atoms with E-state index in [2.05, 4.69) is 31.1 Å². The van der Waals surface area contributed by atoms with Gasteiger partial charge in [0.05, 0.1) is 19.6 Å². The van der Waals surface area contributed by atoms with Crippen LogP contribution in [0.1, 0.15) is 22.3 Å². The molecular weight excluding hydrogens is 1100 g/mol. The second-order valence-corrected chi connectivity index (χ2v) is 29.0. The Morgan fingerprint density at radius 2 is 0.438 bits per heavy atom. The van der Waals surface area contributed by atoms with Crippen LogP contribution in [0.2, 0.25) is 0 Å². The van der Waals surface area contributed by atoms with Gasteiger partial charge in [-0.05, 0) is 76.2 Å². The number of aryl methyl sites for hydroxylation is 4. The van der Waals surface area contributed by atoms with E-state index in [0.717, 1.165) is 74.6 Å². The van der Waals surface area contributed by atoms with Gasteiger partial charge in [-0.15, -0.1) is 0 Å². The highest BCUT2D eigenvalue weighted by atomic mass is 32.2. The Morgan fingerprint density at radius 3 is 0.637 bits per heavy atom. The average molecular weight is 1190 g/mol. The summed E-state index contributed by atoms with van der Waals surface area (Å²) in [7, 11) is -15.9. The number of benzene rings is 4. The van der Waals surface area contributed by atoms with Crippen LogP contribution in [0.25, 0.3) is 0 Å². The van der Waals surface area contributed by atoms with E-state index in [-0.39, 0.29) is 71.9 Å². The molecular formula is C56H88N12O8S4. The Hall–Kier alpha value is -3.80. The molecule has 4 aromatic carbocycles. The van der Waals surface area contributed by atoms with E-state index < -0.39 is 40.1 Å². The SMILES string of the molecule is C1CNCCN(CCN2CCNCCNCC2)CCN1.Cc1ccc(S(=O)(=O)N2CCN(CCN3CCN(S(=O)(=O)c4ccc(C)cc4)CCN(S(=O)(=O)c4ccc(C)cc4)CC3)CCN(S(=O)(=O)c3ccc(C)cc3)CC2)cc1. The summed E-state index contributed by atoms with van der Waals surface area (Å²) in [5.41, 5.74) is 3.64. The number of rotatable bonds is 14. The van der Waals surface area contributed by atoms with E-state index in [0.29, 0.717) is 39.3 Å². The third-order valence-electron chi connectivity index (χ3n) is 15.3. The number of hydrogen-bond acceptors (Lipinski definition) is 16. The van der Waals surface area contributed by atoms with Crippen molar-refractivity contribution in [3.63, 3.8) is 0 Å². The fourth-order valence-corrected chi connectivity index (χ4v) is 15.7. The Balaban J connectivity index is 0.000000387. The van der Waals surface area contributed by atoms with Crippen LogP contribution in [-0.4, -0.2) is 254 Å². The monoisotopic (exact) mass is 1180 g/mol. The second kappa shape index (κ2) is 30.7. The molecule has 0 bridgehead atoms. The third-order valence-corrected chi connectivity index (χ3v) is 23.0. The Labute approximate surface area is 479 Å². The summed E-state index contributed by atoms with van der Waals surface area (Å²) in [6.45, 7) is 25.6. The highest BCUT2D eigenvalue weighted by Crippen LogP contribution is 2.23. The maximum atomic E-state index is 14.0. The van der Waals surface area contributed by atoms with Gasteiger partial charge in [0.25, 0.3) is 0 Å². The summed E-state index contributed by atoms with van der Waals surface area (Å²) in [6.07, 6.45) is 0. The molecule has 0 saturated carbocycles. The minimum Gasteiger partial charge on any atom is -0.314 e. The minimum atomic E-state index is -3.99. The third kappa shape index (κ3) is 18.6. The lowest BCUT2D eigenvalue weighted by Gasteiger charge is -2.30. The molecule has 0 amide bonds. The number of sulfonamides is 4. The zero-order chi connectivity index (χ0) is 57.2. The van der Waals surface area contributed by atoms with Crippen molar-refractivity contribution in [3.8, 4) is 0 Å². The van der Waals surface area contributed by atoms with E-state index in [1.807, 2.05) is 37.5 Å². The molecule has 0 radical (unpaired) electrons. The van der Waals surface area contributed by atoms with E-state index in [9.17, 15) is 33.7 Å². The first-order valence-electron chi connectivity index (χ1n) is 28.3. The second-order valence-electron chi connectivity index (χ2n) is 21.2. The lowest BCUT2D eigenvalue weighted by molar-refractivity contribution is 0.190. The van der Waals surface area contributed by atoms with Gasteiger partial charge in [-0.3, -0.25) is 19.6 Å². The van der Waals surface area contributed by atoms with Crippen LogP contribution < -0.4 is 21.3 Å². The molecule has 4 aliphatic heterocycles. The molecule has 4 aliphatic rings. The topological polar surface area (TPSA) is 211 Å². The molecule has 0 atom stereocenters. The summed E-state index contributed by atoms with van der Waals surface area (Å²) in [5.74, 6) is 0. The largest absolute Gasteiger partial charge is 0.314 e. The lowest BCUT2D eigenvalue weighted by Crippen LogP contribution is -2.44. The van der Waals surface area contributed by atoms with Gasteiger partial charge in [0, 0.05) is 183 Å². The molecule has 4 heterocycles. The number of hydrogen-bond donors (Lipinski definition) is 4. The van der Waals surface area contributed by atoms with E-state index in [1.165, 1.54) is 56.5 Å². The zero-order valence-electron chi connectivity index (χ0n) is 47.5. The Kier molecular flexibility index (Phi) is 24.4. The first kappa shape index (κ1) is 63.8. The van der Waals surface area contributed by atoms with Crippen molar-refractivity contribution in [1.29, 1.82) is 0 Å². The molecule has 80 heavy (non-hydrogen) atoms. The summed E-state index contributed by atoms with van der Waals surface area (Å²) in [4.78, 5) is 9.71. The molecule has 0 spiro atoms. The van der Waals surface area contributed by atoms with E-state index in [4.69, 9.17) is 0 Å². The van der Waals surface area contributed by atoms with Gasteiger partial charge < -0.3 is 21.3 Å². The lowest BCUT2D eigenvalue weighted by atomic mass is 10.2. The summed E-state index contributed by atoms with van der Waals surface area (Å²) < 4.78 is 118. The van der Waals surface area contributed by atoms with Crippen molar-refractivity contribution in [2.75, 3.05) is 183 Å². The molecule has 24 heteroatoms. The Morgan fingerprint density at radius 1 is 0.263 bits per heavy atom. The van der Waals surface area contributed by atoms with E-state index in [1.54, 1.807) is 97.1 Å². The molecule has 444 valence electrons. The van der Waals surface area contributed by atoms with Crippen molar-refractivity contribution in [2.24, 2.45) is 0 Å². The maximum absolute atomic E-state index is 14.0. The maximum Gasteiger partial charge on any atom is 0.243 e. The van der Waals surface area contributed by atoms with Gasteiger partial charge in [-0.2, -0.15) is 17.2 Å². The van der Waals surface area contributed by atoms with Crippen molar-refractivity contribution >= 4 is 40.1 Å². The highest BCUT2D eigenvalue weighted by molar-refractivity contribution is 7.90. The molecule has 0 unspecified atom stereocenters. The average Bonchev–Trinajstić information content (AvgIpc) is 3.80. The smallest absolute Gasteiger partial charge is 0.243 e. The van der Waals surface area contributed by atoms with Crippen molar-refractivity contribution in [2.45, 2.75) is 47.3 Å². The van der Waals surface area contributed by atoms with Crippen LogP contribution >= 0.6 is 0 Å². The summed E-state index contributed by atoms with van der Waals surface area (Å²) in [5, 5.41) is 13.9. The predicted octanol–water partition coefficient (Wildman–Crippen LogP) is 1.59. The Bertz CT molecular complexity index is 2580. The minimum absolute atomic E-state index is 0.0438. The fourth-order valence-electron chi connectivity index (χ4n) is 10.0. The molecule has 4 saturated heterocycles. The van der Waals surface area contributed by atoms with Crippen molar-refractivity contribution in [3.05, 3.63) is 119 Å². The van der Waals surface area contributed by atoms with Gasteiger partial charge in [0.1, 0.15) is 0 Å². The van der Waals surface area contributed by atoms with Gasteiger partial charge in [-0.25, -0.2) is 33.7 Å². The van der Waals surface area contributed by atoms with E-state index >= 15 is 0 Å². The molecule has 0 aliphatic carbocycles. The van der Waals surface area contributed by atoms with Crippen LogP contribution in [-0.2, 0) is 40.1 Å². The van der Waals surface area contributed by atoms with Crippen LogP contribution in [0, 0.1) is 27.7 Å². The van der Waals surface area contributed by atoms with Crippen LogP contribution in [0.5, 0.6) is 0 Å². The van der Waals surface area contributed by atoms with Gasteiger partial charge >= 0.3 is 0 Å². The summed E-state index contributed by atoms with van der Waals surface area (Å²) >= 11 is 0.